The van der Waals surface area contributed by atoms with E-state index in [4.69, 9.17) is 0 Å². The van der Waals surface area contributed by atoms with Gasteiger partial charge in [0, 0.05) is 0 Å². The third-order valence-corrected chi connectivity index (χ3v) is 4.07. The van der Waals surface area contributed by atoms with Crippen molar-refractivity contribution in [2.45, 2.75) is 37.5 Å². The number of fused-ring (bicyclic) bond motifs is 1. The topological polar surface area (TPSA) is 57.2 Å². The molecule has 102 valence electrons. The van der Waals surface area contributed by atoms with E-state index in [0.717, 1.165) is 42.0 Å². The van der Waals surface area contributed by atoms with Crippen molar-refractivity contribution in [2.75, 3.05) is 0 Å². The molecule has 0 fully saturated rings. The summed E-state index contributed by atoms with van der Waals surface area (Å²) < 4.78 is 33.6. The van der Waals surface area contributed by atoms with Gasteiger partial charge in [0.25, 0.3) is 0 Å². The molecule has 2 aromatic rings. The second-order valence-corrected chi connectivity index (χ2v) is 6.09. The van der Waals surface area contributed by atoms with Crippen molar-refractivity contribution < 1.29 is 42.5 Å². The maximum absolute atomic E-state index is 11.2. The van der Waals surface area contributed by atoms with E-state index in [0.29, 0.717) is 0 Å². The first-order valence-corrected chi connectivity index (χ1v) is 7.91. The Kier molecular flexibility index (Phi) is 6.69. The fraction of sp³-hybridized carbons (Fsp3) is 0.333. The van der Waals surface area contributed by atoms with Gasteiger partial charge in [-0.25, -0.2) is 8.42 Å². The van der Waals surface area contributed by atoms with Gasteiger partial charge in [-0.15, -0.1) is 0 Å². The van der Waals surface area contributed by atoms with Crippen molar-refractivity contribution in [1.29, 1.82) is 0 Å². The van der Waals surface area contributed by atoms with Crippen molar-refractivity contribution in [3.05, 3.63) is 42.0 Å². The summed E-state index contributed by atoms with van der Waals surface area (Å²) in [6.07, 6.45) is 4.01. The van der Waals surface area contributed by atoms with E-state index in [1.807, 2.05) is 24.3 Å². The molecule has 0 unspecified atom stereocenters. The molecule has 0 radical (unpaired) electrons. The summed E-state index contributed by atoms with van der Waals surface area (Å²) in [5.74, 6) is 0. The smallest absolute Gasteiger partial charge is 0.744 e. The molecule has 0 aliphatic carbocycles. The molecule has 20 heavy (non-hydrogen) atoms. The van der Waals surface area contributed by atoms with Crippen LogP contribution in [-0.4, -0.2) is 13.0 Å². The number of benzene rings is 2. The molecule has 0 saturated carbocycles. The second-order valence-electron chi connectivity index (χ2n) is 4.71. The SMILES string of the molecule is CCCCCc1cc(S(=O)(=O)[O-])cc2ccccc12.[Na+]. The zero-order valence-electron chi connectivity index (χ0n) is 11.9. The van der Waals surface area contributed by atoms with E-state index in [2.05, 4.69) is 6.92 Å². The summed E-state index contributed by atoms with van der Waals surface area (Å²) in [4.78, 5) is -0.127. The Bertz CT molecular complexity index is 681. The average molecular weight is 300 g/mol. The molecule has 0 spiro atoms. The molecule has 0 bridgehead atoms. The molecule has 2 rings (SSSR count). The van der Waals surface area contributed by atoms with Crippen molar-refractivity contribution in [3.8, 4) is 0 Å². The first-order chi connectivity index (χ1) is 9.02. The molecule has 0 aliphatic heterocycles. The van der Waals surface area contributed by atoms with Crippen LogP contribution in [0.5, 0.6) is 0 Å². The van der Waals surface area contributed by atoms with Crippen LogP contribution in [0.3, 0.4) is 0 Å². The molecule has 0 aliphatic rings. The van der Waals surface area contributed by atoms with Gasteiger partial charge in [0.2, 0.25) is 0 Å². The van der Waals surface area contributed by atoms with Gasteiger partial charge in [0.1, 0.15) is 10.1 Å². The van der Waals surface area contributed by atoms with Crippen LogP contribution in [0, 0.1) is 0 Å². The van der Waals surface area contributed by atoms with E-state index in [1.165, 1.54) is 12.1 Å². The summed E-state index contributed by atoms with van der Waals surface area (Å²) >= 11 is 0. The van der Waals surface area contributed by atoms with Gasteiger partial charge in [0.15, 0.2) is 0 Å². The average Bonchev–Trinajstić information content (AvgIpc) is 2.37. The summed E-state index contributed by atoms with van der Waals surface area (Å²) in [7, 11) is -4.40. The van der Waals surface area contributed by atoms with E-state index >= 15 is 0 Å². The number of hydrogen-bond donors (Lipinski definition) is 0. The Morgan fingerprint density at radius 2 is 1.80 bits per heavy atom. The van der Waals surface area contributed by atoms with Gasteiger partial charge in [-0.05, 0) is 41.3 Å². The van der Waals surface area contributed by atoms with Crippen LogP contribution < -0.4 is 29.6 Å². The van der Waals surface area contributed by atoms with Crippen LogP contribution in [0.25, 0.3) is 10.8 Å². The Morgan fingerprint density at radius 3 is 2.45 bits per heavy atom. The molecule has 0 aromatic heterocycles. The van der Waals surface area contributed by atoms with Crippen molar-refractivity contribution in [2.24, 2.45) is 0 Å². The molecular formula is C15H17NaO3S. The Hall–Kier alpha value is -0.390. The molecule has 5 heteroatoms. The first-order valence-electron chi connectivity index (χ1n) is 6.50. The quantitative estimate of drug-likeness (QED) is 0.458. The molecule has 0 heterocycles. The van der Waals surface area contributed by atoms with Crippen LogP contribution >= 0.6 is 0 Å². The van der Waals surface area contributed by atoms with Crippen LogP contribution in [0.15, 0.2) is 41.3 Å². The monoisotopic (exact) mass is 300 g/mol. The first kappa shape index (κ1) is 17.7. The van der Waals surface area contributed by atoms with Gasteiger partial charge in [-0.1, -0.05) is 44.0 Å². The van der Waals surface area contributed by atoms with Gasteiger partial charge in [-0.2, -0.15) is 0 Å². The van der Waals surface area contributed by atoms with Crippen LogP contribution in [-0.2, 0) is 16.5 Å². The third-order valence-electron chi connectivity index (χ3n) is 3.26. The second kappa shape index (κ2) is 7.57. The largest absolute Gasteiger partial charge is 1.00 e. The van der Waals surface area contributed by atoms with E-state index in [-0.39, 0.29) is 34.5 Å². The minimum absolute atomic E-state index is 0. The molecule has 0 amide bonds. The Morgan fingerprint density at radius 1 is 1.10 bits per heavy atom. The van der Waals surface area contributed by atoms with Gasteiger partial charge >= 0.3 is 29.6 Å². The van der Waals surface area contributed by atoms with Crippen molar-refractivity contribution in [3.63, 3.8) is 0 Å². The van der Waals surface area contributed by atoms with Gasteiger partial charge in [0.05, 0.1) is 4.90 Å². The molecule has 0 N–H and O–H groups in total. The molecule has 0 atom stereocenters. The van der Waals surface area contributed by atoms with Crippen LogP contribution in [0.1, 0.15) is 31.7 Å². The van der Waals surface area contributed by atoms with E-state index < -0.39 is 10.1 Å². The van der Waals surface area contributed by atoms with Crippen molar-refractivity contribution >= 4 is 20.9 Å². The zero-order chi connectivity index (χ0) is 13.9. The number of aryl methyl sites for hydroxylation is 1. The predicted octanol–water partition coefficient (Wildman–Crippen LogP) is 0.481. The molecule has 2 aromatic carbocycles. The predicted molar refractivity (Wildman–Crippen MR) is 75.1 cm³/mol. The summed E-state index contributed by atoms with van der Waals surface area (Å²) in [6.45, 7) is 2.12. The Labute approximate surface area is 142 Å². The number of hydrogen-bond acceptors (Lipinski definition) is 3. The fourth-order valence-electron chi connectivity index (χ4n) is 2.28. The molecule has 0 saturated heterocycles. The normalized spacial score (nSPS) is 11.3. The summed E-state index contributed by atoms with van der Waals surface area (Å²) in [5, 5.41) is 1.84. The maximum atomic E-state index is 11.2. The minimum atomic E-state index is -4.40. The number of rotatable bonds is 5. The third kappa shape index (κ3) is 4.30. The van der Waals surface area contributed by atoms with Gasteiger partial charge < -0.3 is 4.55 Å². The van der Waals surface area contributed by atoms with Gasteiger partial charge in [-0.3, -0.25) is 0 Å². The van der Waals surface area contributed by atoms with E-state index in [9.17, 15) is 13.0 Å². The maximum Gasteiger partial charge on any atom is 1.00 e. The molecule has 3 nitrogen and oxygen atoms in total. The zero-order valence-corrected chi connectivity index (χ0v) is 14.7. The standard InChI is InChI=1S/C15H18O3S.Na/c1-2-3-4-7-12-10-14(19(16,17)18)11-13-8-5-6-9-15(12)13;/h5-6,8-11H,2-4,7H2,1H3,(H,16,17,18);/q;+1/p-1. The summed E-state index contributed by atoms with van der Waals surface area (Å²) in [6, 6.07) is 10.6. The van der Waals surface area contributed by atoms with E-state index in [1.54, 1.807) is 0 Å². The Balaban J connectivity index is 0.00000200. The fourth-order valence-corrected chi connectivity index (χ4v) is 2.83. The van der Waals surface area contributed by atoms with Crippen LogP contribution in [0.4, 0.5) is 0 Å². The van der Waals surface area contributed by atoms with Crippen LogP contribution in [0.2, 0.25) is 0 Å². The minimum Gasteiger partial charge on any atom is -0.744 e. The molecular weight excluding hydrogens is 283 g/mol. The number of unbranched alkanes of at least 4 members (excludes halogenated alkanes) is 2. The summed E-state index contributed by atoms with van der Waals surface area (Å²) in [5.41, 5.74) is 0.945. The van der Waals surface area contributed by atoms with Crippen molar-refractivity contribution in [1.82, 2.24) is 0 Å².